The third-order valence-electron chi connectivity index (χ3n) is 2.24. The Hall–Kier alpha value is -1.61. The number of hydrogen-bond donors (Lipinski definition) is 1. The van der Waals surface area contributed by atoms with Gasteiger partial charge in [0.2, 0.25) is 0 Å². The van der Waals surface area contributed by atoms with Crippen LogP contribution in [0.5, 0.6) is 0 Å². The average Bonchev–Trinajstić information content (AvgIpc) is 2.65. The Balaban J connectivity index is 2.29. The quantitative estimate of drug-likeness (QED) is 0.773. The first-order chi connectivity index (χ1) is 6.77. The minimum Gasteiger partial charge on any atom is -0.320 e. The molecule has 1 heterocycles. The molecule has 2 N–H and O–H groups in total. The van der Waals surface area contributed by atoms with E-state index in [4.69, 9.17) is 5.73 Å². The van der Waals surface area contributed by atoms with E-state index in [1.54, 1.807) is 10.9 Å². The summed E-state index contributed by atoms with van der Waals surface area (Å²) in [6.45, 7) is 0. The van der Waals surface area contributed by atoms with Crippen molar-refractivity contribution in [2.45, 2.75) is 6.04 Å². The SMILES string of the molecule is Cn1cc([C@H](N)c2ccccc2)cn1. The molecule has 0 bridgehead atoms. The highest BCUT2D eigenvalue weighted by Gasteiger charge is 2.09. The fourth-order valence-corrected chi connectivity index (χ4v) is 1.45. The molecule has 2 aromatic rings. The molecule has 14 heavy (non-hydrogen) atoms. The summed E-state index contributed by atoms with van der Waals surface area (Å²) in [6.07, 6.45) is 3.75. The molecule has 0 unspecified atom stereocenters. The first-order valence-corrected chi connectivity index (χ1v) is 4.56. The number of aryl methyl sites for hydroxylation is 1. The maximum Gasteiger partial charge on any atom is 0.0582 e. The number of rotatable bonds is 2. The van der Waals surface area contributed by atoms with Crippen LogP contribution in [0, 0.1) is 0 Å². The third kappa shape index (κ3) is 1.67. The summed E-state index contributed by atoms with van der Waals surface area (Å²) in [6, 6.07) is 9.94. The van der Waals surface area contributed by atoms with Gasteiger partial charge in [0, 0.05) is 18.8 Å². The van der Waals surface area contributed by atoms with E-state index in [2.05, 4.69) is 5.10 Å². The van der Waals surface area contributed by atoms with E-state index in [1.807, 2.05) is 43.6 Å². The Labute approximate surface area is 83.2 Å². The molecule has 0 fully saturated rings. The van der Waals surface area contributed by atoms with Gasteiger partial charge in [-0.3, -0.25) is 4.68 Å². The van der Waals surface area contributed by atoms with Gasteiger partial charge in [-0.15, -0.1) is 0 Å². The van der Waals surface area contributed by atoms with Crippen molar-refractivity contribution in [3.8, 4) is 0 Å². The Morgan fingerprint density at radius 2 is 1.93 bits per heavy atom. The Morgan fingerprint density at radius 3 is 2.50 bits per heavy atom. The van der Waals surface area contributed by atoms with Gasteiger partial charge < -0.3 is 5.73 Å². The van der Waals surface area contributed by atoms with Gasteiger partial charge in [-0.1, -0.05) is 30.3 Å². The summed E-state index contributed by atoms with van der Waals surface area (Å²) >= 11 is 0. The van der Waals surface area contributed by atoms with Crippen LogP contribution in [0.1, 0.15) is 17.2 Å². The second kappa shape index (κ2) is 3.64. The molecule has 1 aromatic carbocycles. The molecule has 1 atom stereocenters. The summed E-state index contributed by atoms with van der Waals surface area (Å²) in [4.78, 5) is 0. The molecule has 0 aliphatic rings. The first kappa shape index (κ1) is 8.97. The fraction of sp³-hybridized carbons (Fsp3) is 0.182. The number of benzene rings is 1. The van der Waals surface area contributed by atoms with Crippen LogP contribution in [0.25, 0.3) is 0 Å². The van der Waals surface area contributed by atoms with Gasteiger partial charge in [-0.25, -0.2) is 0 Å². The molecule has 0 saturated heterocycles. The molecule has 3 heteroatoms. The second-order valence-electron chi connectivity index (χ2n) is 3.34. The lowest BCUT2D eigenvalue weighted by atomic mass is 10.0. The highest BCUT2D eigenvalue weighted by atomic mass is 15.2. The van der Waals surface area contributed by atoms with Crippen LogP contribution in [0.3, 0.4) is 0 Å². The Bertz CT molecular complexity index is 405. The maximum atomic E-state index is 6.08. The number of aromatic nitrogens is 2. The average molecular weight is 187 g/mol. The minimum absolute atomic E-state index is 0.0788. The van der Waals surface area contributed by atoms with Crippen LogP contribution in [0.15, 0.2) is 42.7 Å². The third-order valence-corrected chi connectivity index (χ3v) is 2.24. The van der Waals surface area contributed by atoms with Gasteiger partial charge in [0.15, 0.2) is 0 Å². The summed E-state index contributed by atoms with van der Waals surface area (Å²) in [5.41, 5.74) is 8.23. The van der Waals surface area contributed by atoms with Gasteiger partial charge in [0.05, 0.1) is 12.2 Å². The van der Waals surface area contributed by atoms with Crippen molar-refractivity contribution in [1.29, 1.82) is 0 Å². The monoisotopic (exact) mass is 187 g/mol. The van der Waals surface area contributed by atoms with E-state index < -0.39 is 0 Å². The standard InChI is InChI=1S/C11H13N3/c1-14-8-10(7-13-14)11(12)9-5-3-2-4-6-9/h2-8,11H,12H2,1H3/t11-/m1/s1. The molecule has 3 nitrogen and oxygen atoms in total. The lowest BCUT2D eigenvalue weighted by Crippen LogP contribution is -2.10. The van der Waals surface area contributed by atoms with Crippen molar-refractivity contribution in [3.05, 3.63) is 53.9 Å². The molecule has 0 aliphatic heterocycles. The largest absolute Gasteiger partial charge is 0.320 e. The lowest BCUT2D eigenvalue weighted by molar-refractivity contribution is 0.765. The first-order valence-electron chi connectivity index (χ1n) is 4.56. The van der Waals surface area contributed by atoms with Crippen molar-refractivity contribution in [2.24, 2.45) is 12.8 Å². The van der Waals surface area contributed by atoms with Crippen molar-refractivity contribution < 1.29 is 0 Å². The molecule has 0 saturated carbocycles. The zero-order chi connectivity index (χ0) is 9.97. The van der Waals surface area contributed by atoms with Gasteiger partial charge in [-0.2, -0.15) is 5.10 Å². The smallest absolute Gasteiger partial charge is 0.0582 e. The second-order valence-corrected chi connectivity index (χ2v) is 3.34. The van der Waals surface area contributed by atoms with E-state index in [9.17, 15) is 0 Å². The molecular formula is C11H13N3. The topological polar surface area (TPSA) is 43.8 Å². The zero-order valence-electron chi connectivity index (χ0n) is 8.09. The molecule has 0 radical (unpaired) electrons. The molecule has 0 aliphatic carbocycles. The van der Waals surface area contributed by atoms with Crippen LogP contribution >= 0.6 is 0 Å². The molecular weight excluding hydrogens is 174 g/mol. The van der Waals surface area contributed by atoms with Crippen LogP contribution in [0.4, 0.5) is 0 Å². The van der Waals surface area contributed by atoms with E-state index in [0.717, 1.165) is 11.1 Å². The van der Waals surface area contributed by atoms with E-state index in [0.29, 0.717) is 0 Å². The number of hydrogen-bond acceptors (Lipinski definition) is 2. The summed E-state index contributed by atoms with van der Waals surface area (Å²) in [5.74, 6) is 0. The van der Waals surface area contributed by atoms with Crippen LogP contribution in [-0.4, -0.2) is 9.78 Å². The van der Waals surface area contributed by atoms with Crippen molar-refractivity contribution in [1.82, 2.24) is 9.78 Å². The molecule has 0 spiro atoms. The molecule has 1 aromatic heterocycles. The predicted octanol–water partition coefficient (Wildman–Crippen LogP) is 1.47. The van der Waals surface area contributed by atoms with Gasteiger partial charge in [-0.05, 0) is 5.56 Å². The Morgan fingerprint density at radius 1 is 1.21 bits per heavy atom. The minimum atomic E-state index is -0.0788. The highest BCUT2D eigenvalue weighted by molar-refractivity contribution is 5.28. The molecule has 0 amide bonds. The molecule has 72 valence electrons. The maximum absolute atomic E-state index is 6.08. The summed E-state index contributed by atoms with van der Waals surface area (Å²) in [7, 11) is 1.89. The highest BCUT2D eigenvalue weighted by Crippen LogP contribution is 2.17. The molecule has 2 rings (SSSR count). The van der Waals surface area contributed by atoms with Crippen LogP contribution in [-0.2, 0) is 7.05 Å². The Kier molecular flexibility index (Phi) is 2.33. The van der Waals surface area contributed by atoms with E-state index >= 15 is 0 Å². The van der Waals surface area contributed by atoms with Gasteiger partial charge in [0.1, 0.15) is 0 Å². The number of nitrogens with zero attached hydrogens (tertiary/aromatic N) is 2. The summed E-state index contributed by atoms with van der Waals surface area (Å²) in [5, 5.41) is 4.10. The zero-order valence-corrected chi connectivity index (χ0v) is 8.09. The number of nitrogens with two attached hydrogens (primary N) is 1. The summed E-state index contributed by atoms with van der Waals surface area (Å²) < 4.78 is 1.76. The van der Waals surface area contributed by atoms with Gasteiger partial charge >= 0.3 is 0 Å². The van der Waals surface area contributed by atoms with Crippen LogP contribution in [0.2, 0.25) is 0 Å². The normalized spacial score (nSPS) is 12.7. The van der Waals surface area contributed by atoms with E-state index in [-0.39, 0.29) is 6.04 Å². The van der Waals surface area contributed by atoms with E-state index in [1.165, 1.54) is 0 Å². The fourth-order valence-electron chi connectivity index (χ4n) is 1.45. The van der Waals surface area contributed by atoms with Crippen molar-refractivity contribution in [2.75, 3.05) is 0 Å². The van der Waals surface area contributed by atoms with Gasteiger partial charge in [0.25, 0.3) is 0 Å². The van der Waals surface area contributed by atoms with Crippen molar-refractivity contribution in [3.63, 3.8) is 0 Å². The predicted molar refractivity (Wildman–Crippen MR) is 55.7 cm³/mol. The van der Waals surface area contributed by atoms with Crippen molar-refractivity contribution >= 4 is 0 Å². The lowest BCUT2D eigenvalue weighted by Gasteiger charge is -2.08. The van der Waals surface area contributed by atoms with Crippen LogP contribution < -0.4 is 5.73 Å².